The van der Waals surface area contributed by atoms with Gasteiger partial charge in [0, 0.05) is 12.1 Å². The first-order chi connectivity index (χ1) is 7.52. The lowest BCUT2D eigenvalue weighted by Crippen LogP contribution is -2.11. The van der Waals surface area contributed by atoms with E-state index in [4.69, 9.17) is 4.74 Å². The van der Waals surface area contributed by atoms with Crippen molar-refractivity contribution in [3.8, 4) is 0 Å². The largest absolute Gasteiger partial charge is 0.465 e. The summed E-state index contributed by atoms with van der Waals surface area (Å²) in [6.45, 7) is 9.41. The van der Waals surface area contributed by atoms with Gasteiger partial charge >= 0.3 is 5.97 Å². The lowest BCUT2D eigenvalue weighted by Gasteiger charge is -2.13. The van der Waals surface area contributed by atoms with Crippen LogP contribution in [-0.4, -0.2) is 18.1 Å². The normalized spacial score (nSPS) is 10.0. The minimum Gasteiger partial charge on any atom is -0.465 e. The molecule has 1 aromatic heterocycles. The van der Waals surface area contributed by atoms with Gasteiger partial charge in [-0.15, -0.1) is 6.58 Å². The number of pyridine rings is 1. The zero-order valence-electron chi connectivity index (χ0n) is 10.3. The van der Waals surface area contributed by atoms with E-state index >= 15 is 0 Å². The van der Waals surface area contributed by atoms with Crippen molar-refractivity contribution in [2.24, 2.45) is 0 Å². The van der Waals surface area contributed by atoms with Crippen LogP contribution >= 0.6 is 0 Å². The molecule has 86 valence electrons. The van der Waals surface area contributed by atoms with E-state index in [2.05, 4.69) is 11.6 Å². The molecule has 0 unspecified atom stereocenters. The van der Waals surface area contributed by atoms with Crippen molar-refractivity contribution < 1.29 is 9.53 Å². The van der Waals surface area contributed by atoms with Crippen molar-refractivity contribution in [1.29, 1.82) is 0 Å². The van der Waals surface area contributed by atoms with E-state index in [1.54, 1.807) is 0 Å². The molecule has 1 rings (SSSR count). The van der Waals surface area contributed by atoms with Gasteiger partial charge in [0.1, 0.15) is 0 Å². The summed E-state index contributed by atoms with van der Waals surface area (Å²) in [5.74, 6) is -0.323. The molecule has 3 nitrogen and oxygen atoms in total. The van der Waals surface area contributed by atoms with Crippen LogP contribution in [0.25, 0.3) is 0 Å². The molecule has 0 bridgehead atoms. The van der Waals surface area contributed by atoms with Gasteiger partial charge in [0.15, 0.2) is 0 Å². The van der Waals surface area contributed by atoms with Crippen LogP contribution in [0, 0.1) is 20.8 Å². The molecule has 0 aliphatic heterocycles. The second-order valence-electron chi connectivity index (χ2n) is 3.75. The Bertz CT molecular complexity index is 436. The monoisotopic (exact) mass is 219 g/mol. The summed E-state index contributed by atoms with van der Waals surface area (Å²) in [5, 5.41) is 0. The smallest absolute Gasteiger partial charge is 0.339 e. The molecule has 0 aliphatic rings. The molecule has 0 saturated carbocycles. The summed E-state index contributed by atoms with van der Waals surface area (Å²) >= 11 is 0. The minimum absolute atomic E-state index is 0.323. The van der Waals surface area contributed by atoms with Gasteiger partial charge in [0.05, 0.1) is 18.4 Å². The Morgan fingerprint density at radius 2 is 2.00 bits per heavy atom. The summed E-state index contributed by atoms with van der Waals surface area (Å²) in [6, 6.07) is 0. The molecule has 3 heteroatoms. The van der Waals surface area contributed by atoms with Crippen LogP contribution in [-0.2, 0) is 11.2 Å². The molecule has 1 aromatic rings. The molecule has 0 saturated heterocycles. The number of esters is 1. The van der Waals surface area contributed by atoms with E-state index in [0.717, 1.165) is 23.2 Å². The Morgan fingerprint density at radius 1 is 1.38 bits per heavy atom. The van der Waals surface area contributed by atoms with Crippen molar-refractivity contribution in [3.05, 3.63) is 40.7 Å². The Morgan fingerprint density at radius 3 is 2.50 bits per heavy atom. The van der Waals surface area contributed by atoms with Crippen LogP contribution < -0.4 is 0 Å². The lowest BCUT2D eigenvalue weighted by atomic mass is 9.99. The Kier molecular flexibility index (Phi) is 3.82. The van der Waals surface area contributed by atoms with E-state index in [0.29, 0.717) is 11.3 Å². The third-order valence-corrected chi connectivity index (χ3v) is 2.76. The van der Waals surface area contributed by atoms with Gasteiger partial charge in [-0.3, -0.25) is 4.98 Å². The second-order valence-corrected chi connectivity index (χ2v) is 3.75. The van der Waals surface area contributed by atoms with Crippen molar-refractivity contribution in [3.63, 3.8) is 0 Å². The maximum absolute atomic E-state index is 11.6. The zero-order valence-corrected chi connectivity index (χ0v) is 10.3. The Hall–Kier alpha value is -1.64. The average Bonchev–Trinajstić information content (AvgIpc) is 2.25. The topological polar surface area (TPSA) is 39.2 Å². The summed E-state index contributed by atoms with van der Waals surface area (Å²) in [7, 11) is 1.38. The lowest BCUT2D eigenvalue weighted by molar-refractivity contribution is 0.0598. The fraction of sp³-hybridized carbons (Fsp3) is 0.385. The first-order valence-electron chi connectivity index (χ1n) is 5.18. The van der Waals surface area contributed by atoms with Crippen LogP contribution in [0.3, 0.4) is 0 Å². The molecular weight excluding hydrogens is 202 g/mol. The number of rotatable bonds is 3. The van der Waals surface area contributed by atoms with E-state index in [1.165, 1.54) is 7.11 Å². The van der Waals surface area contributed by atoms with Crippen molar-refractivity contribution in [2.45, 2.75) is 27.2 Å². The highest BCUT2D eigenvalue weighted by molar-refractivity contribution is 5.92. The van der Waals surface area contributed by atoms with E-state index < -0.39 is 0 Å². The molecule has 0 radical (unpaired) electrons. The van der Waals surface area contributed by atoms with E-state index in [9.17, 15) is 4.79 Å². The molecule has 16 heavy (non-hydrogen) atoms. The number of ether oxygens (including phenoxy) is 1. The first kappa shape index (κ1) is 12.4. The molecule has 0 amide bonds. The number of carbonyl (C=O) groups excluding carboxylic acids is 1. The van der Waals surface area contributed by atoms with Crippen LogP contribution in [0.5, 0.6) is 0 Å². The molecule has 0 aliphatic carbocycles. The van der Waals surface area contributed by atoms with Gasteiger partial charge in [-0.25, -0.2) is 4.79 Å². The summed E-state index contributed by atoms with van der Waals surface area (Å²) < 4.78 is 4.75. The van der Waals surface area contributed by atoms with Crippen LogP contribution in [0.1, 0.15) is 32.9 Å². The minimum atomic E-state index is -0.323. The molecule has 0 spiro atoms. The van der Waals surface area contributed by atoms with Gasteiger partial charge in [-0.05, 0) is 31.9 Å². The molecule has 0 aromatic carbocycles. The van der Waals surface area contributed by atoms with E-state index in [-0.39, 0.29) is 5.97 Å². The number of aryl methyl sites for hydroxylation is 1. The number of aromatic nitrogens is 1. The van der Waals surface area contributed by atoms with Gasteiger partial charge in [-0.2, -0.15) is 0 Å². The quantitative estimate of drug-likeness (QED) is 0.579. The third kappa shape index (κ3) is 2.13. The zero-order chi connectivity index (χ0) is 12.3. The van der Waals surface area contributed by atoms with Gasteiger partial charge < -0.3 is 4.74 Å². The number of carbonyl (C=O) groups is 1. The predicted octanol–water partition coefficient (Wildman–Crippen LogP) is 2.52. The second kappa shape index (κ2) is 4.92. The summed E-state index contributed by atoms with van der Waals surface area (Å²) in [5.41, 5.74) is 4.24. The number of methoxy groups -OCH3 is 1. The summed E-state index contributed by atoms with van der Waals surface area (Å²) in [4.78, 5) is 16.0. The first-order valence-corrected chi connectivity index (χ1v) is 5.18. The Balaban J connectivity index is 3.39. The van der Waals surface area contributed by atoms with Gasteiger partial charge in [0.25, 0.3) is 0 Å². The van der Waals surface area contributed by atoms with Crippen molar-refractivity contribution >= 4 is 5.97 Å². The van der Waals surface area contributed by atoms with Gasteiger partial charge in [0.2, 0.25) is 0 Å². The number of allylic oxidation sites excluding steroid dienone is 1. The molecule has 0 fully saturated rings. The Labute approximate surface area is 96.2 Å². The maximum atomic E-state index is 11.6. The number of hydrogen-bond acceptors (Lipinski definition) is 3. The maximum Gasteiger partial charge on any atom is 0.339 e. The van der Waals surface area contributed by atoms with Crippen LogP contribution in [0.2, 0.25) is 0 Å². The SMILES string of the molecule is C=CCc1nc(C)c(C(=O)OC)c(C)c1C. The van der Waals surface area contributed by atoms with Crippen molar-refractivity contribution in [2.75, 3.05) is 7.11 Å². The van der Waals surface area contributed by atoms with Crippen LogP contribution in [0.4, 0.5) is 0 Å². The molecular formula is C13H17NO2. The van der Waals surface area contributed by atoms with E-state index in [1.807, 2.05) is 26.8 Å². The standard InChI is InChI=1S/C13H17NO2/c1-6-7-11-8(2)9(3)12(10(4)14-11)13(15)16-5/h6H,1,7H2,2-5H3. The van der Waals surface area contributed by atoms with Gasteiger partial charge in [-0.1, -0.05) is 6.08 Å². The number of hydrogen-bond donors (Lipinski definition) is 0. The summed E-state index contributed by atoms with van der Waals surface area (Å²) in [6.07, 6.45) is 2.53. The number of nitrogens with zero attached hydrogens (tertiary/aromatic N) is 1. The van der Waals surface area contributed by atoms with Crippen LogP contribution in [0.15, 0.2) is 12.7 Å². The highest BCUT2D eigenvalue weighted by atomic mass is 16.5. The highest BCUT2D eigenvalue weighted by Crippen LogP contribution is 2.20. The fourth-order valence-electron chi connectivity index (χ4n) is 1.76. The average molecular weight is 219 g/mol. The third-order valence-electron chi connectivity index (χ3n) is 2.76. The molecule has 0 atom stereocenters. The highest BCUT2D eigenvalue weighted by Gasteiger charge is 2.17. The predicted molar refractivity (Wildman–Crippen MR) is 63.7 cm³/mol. The fourth-order valence-corrected chi connectivity index (χ4v) is 1.76. The van der Waals surface area contributed by atoms with Crippen molar-refractivity contribution in [1.82, 2.24) is 4.98 Å². The molecule has 1 heterocycles. The molecule has 0 N–H and O–H groups in total.